The topological polar surface area (TPSA) is 113 Å². The van der Waals surface area contributed by atoms with Crippen LogP contribution in [-0.4, -0.2) is 57.4 Å². The van der Waals surface area contributed by atoms with Crippen LogP contribution in [0.5, 0.6) is 0 Å². The van der Waals surface area contributed by atoms with Crippen molar-refractivity contribution in [1.82, 2.24) is 0 Å². The average Bonchev–Trinajstić information content (AvgIpc) is 3.24. The first-order chi connectivity index (χ1) is 12.7. The lowest BCUT2D eigenvalue weighted by Crippen LogP contribution is -2.66. The third kappa shape index (κ3) is 1.67. The van der Waals surface area contributed by atoms with Gasteiger partial charge in [-0.2, -0.15) is 0 Å². The van der Waals surface area contributed by atoms with Gasteiger partial charge in [-0.25, -0.2) is 4.39 Å². The van der Waals surface area contributed by atoms with Crippen LogP contribution in [0.15, 0.2) is 23.8 Å². The van der Waals surface area contributed by atoms with E-state index in [4.69, 9.17) is 10.5 Å². The summed E-state index contributed by atoms with van der Waals surface area (Å²) in [4.78, 5) is 24.3. The van der Waals surface area contributed by atoms with Crippen molar-refractivity contribution in [2.45, 2.75) is 61.7 Å². The van der Waals surface area contributed by atoms with Gasteiger partial charge in [-0.1, -0.05) is 11.6 Å². The van der Waals surface area contributed by atoms with E-state index < -0.39 is 40.4 Å². The van der Waals surface area contributed by atoms with Gasteiger partial charge < -0.3 is 20.7 Å². The fourth-order valence-corrected chi connectivity index (χ4v) is 6.88. The van der Waals surface area contributed by atoms with Crippen LogP contribution in [0.2, 0.25) is 0 Å². The zero-order chi connectivity index (χ0) is 19.4. The number of alkyl halides is 1. The molecule has 1 aliphatic heterocycles. The maximum atomic E-state index is 16.7. The molecule has 1 spiro atoms. The Bertz CT molecular complexity index is 825. The quantitative estimate of drug-likeness (QED) is 0.599. The normalized spacial score (nSPS) is 55.1. The smallest absolute Gasteiger partial charge is 0.183 e. The van der Waals surface area contributed by atoms with E-state index in [1.807, 2.05) is 0 Å². The number of aliphatic hydroxyl groups excluding tert-OH is 2. The summed E-state index contributed by atoms with van der Waals surface area (Å²) >= 11 is 0. The molecule has 4 N–H and O–H groups in total. The number of ether oxygens (including phenoxy) is 1. The van der Waals surface area contributed by atoms with E-state index >= 15 is 4.39 Å². The lowest BCUT2D eigenvalue weighted by molar-refractivity contribution is -0.180. The Kier molecular flexibility index (Phi) is 3.24. The number of ketones is 2. The first-order valence-electron chi connectivity index (χ1n) is 9.60. The number of Topliss-reactive ketones (excluding diaryl/α,β-unsaturated/α-hetero) is 1. The van der Waals surface area contributed by atoms with Gasteiger partial charge in [-0.05, 0) is 38.3 Å². The number of fused-ring (bicyclic) bond motifs is 4. The van der Waals surface area contributed by atoms with E-state index in [0.717, 1.165) is 0 Å². The molecule has 0 bridgehead atoms. The van der Waals surface area contributed by atoms with E-state index in [0.29, 0.717) is 18.4 Å². The summed E-state index contributed by atoms with van der Waals surface area (Å²) in [6.45, 7) is 1.47. The Morgan fingerprint density at radius 1 is 1.37 bits per heavy atom. The van der Waals surface area contributed by atoms with Gasteiger partial charge in [-0.15, -0.1) is 0 Å². The molecule has 4 fully saturated rings. The molecule has 0 amide bonds. The molecule has 6 nitrogen and oxygen atoms in total. The maximum Gasteiger partial charge on any atom is 0.183 e. The first kappa shape index (κ1) is 17.7. The van der Waals surface area contributed by atoms with Gasteiger partial charge in [0.1, 0.15) is 5.60 Å². The molecular formula is C20H24FNO5. The molecule has 5 rings (SSSR count). The number of hydrogen-bond acceptors (Lipinski definition) is 6. The standard InChI is InChI=1S/C20H24FNO5/c1-17-5-4-11(23)6-10(17)2-3-12-13-7-14(24)20(16(26)9-22)18(13,27-20)8-15(25)19(12,17)21/h4-6,12-15,24-25H,2-3,7-9,22H2,1H3/t12-,13-,14+,15-,17-,18+,19-,20-/m0/s1. The summed E-state index contributed by atoms with van der Waals surface area (Å²) in [5.74, 6) is -1.51. The predicted octanol–water partition coefficient (Wildman–Crippen LogP) is 0.357. The van der Waals surface area contributed by atoms with Crippen LogP contribution in [0.4, 0.5) is 4.39 Å². The average molecular weight is 377 g/mol. The minimum absolute atomic E-state index is 0.0574. The minimum atomic E-state index is -1.99. The second kappa shape index (κ2) is 4.95. The van der Waals surface area contributed by atoms with Gasteiger partial charge in [0, 0.05) is 23.7 Å². The Labute approximate surface area is 156 Å². The molecule has 8 atom stereocenters. The van der Waals surface area contributed by atoms with Crippen LogP contribution in [0.25, 0.3) is 0 Å². The molecule has 27 heavy (non-hydrogen) atoms. The largest absolute Gasteiger partial charge is 0.390 e. The van der Waals surface area contributed by atoms with Crippen LogP contribution in [0.3, 0.4) is 0 Å². The molecule has 0 unspecified atom stereocenters. The van der Waals surface area contributed by atoms with Crippen molar-refractivity contribution in [3.8, 4) is 0 Å². The van der Waals surface area contributed by atoms with Gasteiger partial charge in [0.05, 0.1) is 18.8 Å². The number of carbonyl (C=O) groups is 2. The molecule has 0 aromatic rings. The number of aliphatic hydroxyl groups is 2. The van der Waals surface area contributed by atoms with Crippen molar-refractivity contribution >= 4 is 11.6 Å². The maximum absolute atomic E-state index is 16.7. The number of nitrogens with two attached hydrogens (primary N) is 1. The molecule has 7 heteroatoms. The molecule has 3 saturated carbocycles. The van der Waals surface area contributed by atoms with Crippen LogP contribution < -0.4 is 5.73 Å². The second-order valence-electron chi connectivity index (χ2n) is 8.95. The van der Waals surface area contributed by atoms with Gasteiger partial charge in [0.15, 0.2) is 22.8 Å². The third-order valence-corrected chi connectivity index (χ3v) is 8.17. The highest BCUT2D eigenvalue weighted by molar-refractivity contribution is 6.01. The number of allylic oxidation sites excluding steroid dienone is 4. The van der Waals surface area contributed by atoms with Crippen molar-refractivity contribution in [3.05, 3.63) is 23.8 Å². The van der Waals surface area contributed by atoms with Crippen molar-refractivity contribution in [2.24, 2.45) is 23.0 Å². The number of hydrogen-bond donors (Lipinski definition) is 3. The van der Waals surface area contributed by atoms with E-state index in [1.54, 1.807) is 13.0 Å². The van der Waals surface area contributed by atoms with Crippen LogP contribution >= 0.6 is 0 Å². The van der Waals surface area contributed by atoms with Crippen molar-refractivity contribution in [1.29, 1.82) is 0 Å². The summed E-state index contributed by atoms with van der Waals surface area (Å²) in [7, 11) is 0. The monoisotopic (exact) mass is 377 g/mol. The zero-order valence-electron chi connectivity index (χ0n) is 15.2. The lowest BCUT2D eigenvalue weighted by atomic mass is 9.48. The molecule has 0 radical (unpaired) electrons. The fraction of sp³-hybridized carbons (Fsp3) is 0.700. The van der Waals surface area contributed by atoms with Gasteiger partial charge in [0.2, 0.25) is 0 Å². The third-order valence-electron chi connectivity index (χ3n) is 8.17. The highest BCUT2D eigenvalue weighted by Gasteiger charge is 2.88. The molecule has 146 valence electrons. The van der Waals surface area contributed by atoms with E-state index in [2.05, 4.69) is 0 Å². The minimum Gasteiger partial charge on any atom is -0.390 e. The number of rotatable bonds is 2. The fourth-order valence-electron chi connectivity index (χ4n) is 6.88. The van der Waals surface area contributed by atoms with Crippen molar-refractivity contribution in [3.63, 3.8) is 0 Å². The van der Waals surface area contributed by atoms with Crippen molar-refractivity contribution < 1.29 is 28.9 Å². The Balaban J connectivity index is 1.61. The Hall–Kier alpha value is -1.41. The van der Waals surface area contributed by atoms with E-state index in [1.165, 1.54) is 12.2 Å². The van der Waals surface area contributed by atoms with Crippen molar-refractivity contribution in [2.75, 3.05) is 6.54 Å². The number of epoxide rings is 1. The number of carbonyl (C=O) groups excluding carboxylic acids is 2. The molecule has 0 aromatic carbocycles. The summed E-state index contributed by atoms with van der Waals surface area (Å²) in [6, 6.07) is 0. The summed E-state index contributed by atoms with van der Waals surface area (Å²) in [5.41, 5.74) is 0.720. The number of halogens is 1. The molecule has 4 aliphatic carbocycles. The molecule has 1 heterocycles. The molecular weight excluding hydrogens is 353 g/mol. The Morgan fingerprint density at radius 2 is 2.11 bits per heavy atom. The zero-order valence-corrected chi connectivity index (χ0v) is 15.2. The first-order valence-corrected chi connectivity index (χ1v) is 9.60. The summed E-state index contributed by atoms with van der Waals surface area (Å²) in [6.07, 6.45) is 3.18. The van der Waals surface area contributed by atoms with Gasteiger partial charge in [-0.3, -0.25) is 9.59 Å². The second-order valence-corrected chi connectivity index (χ2v) is 8.95. The van der Waals surface area contributed by atoms with Crippen LogP contribution in [0, 0.1) is 17.3 Å². The van der Waals surface area contributed by atoms with Gasteiger partial charge >= 0.3 is 0 Å². The highest BCUT2D eigenvalue weighted by Crippen LogP contribution is 2.74. The van der Waals surface area contributed by atoms with Crippen LogP contribution in [0.1, 0.15) is 32.6 Å². The predicted molar refractivity (Wildman–Crippen MR) is 92.2 cm³/mol. The van der Waals surface area contributed by atoms with E-state index in [9.17, 15) is 19.8 Å². The van der Waals surface area contributed by atoms with E-state index in [-0.39, 0.29) is 36.9 Å². The summed E-state index contributed by atoms with van der Waals surface area (Å²) < 4.78 is 22.6. The lowest BCUT2D eigenvalue weighted by Gasteiger charge is -2.59. The highest BCUT2D eigenvalue weighted by atomic mass is 19.1. The SMILES string of the molecule is C[C@]12C=CC(=O)C=C1CC[C@H]1[C@@H]3C[C@@H](O)[C@@]4(C(=O)CN)O[C@]34C[C@H](O)[C@@]12F. The Morgan fingerprint density at radius 3 is 2.81 bits per heavy atom. The molecule has 5 aliphatic rings. The summed E-state index contributed by atoms with van der Waals surface area (Å²) in [5, 5.41) is 21.6. The van der Waals surface area contributed by atoms with Crippen LogP contribution in [-0.2, 0) is 14.3 Å². The molecule has 1 saturated heterocycles. The van der Waals surface area contributed by atoms with Gasteiger partial charge in [0.25, 0.3) is 0 Å². The molecule has 0 aromatic heterocycles.